The van der Waals surface area contributed by atoms with Crippen LogP contribution in [0.2, 0.25) is 0 Å². The van der Waals surface area contributed by atoms with Crippen molar-refractivity contribution in [1.29, 1.82) is 0 Å². The number of hydrogen-bond donors (Lipinski definition) is 2. The van der Waals surface area contributed by atoms with Gasteiger partial charge >= 0.3 is 5.97 Å². The van der Waals surface area contributed by atoms with E-state index in [9.17, 15) is 14.7 Å². The molecule has 1 aliphatic rings. The number of rotatable bonds is 5. The zero-order valence-corrected chi connectivity index (χ0v) is 10.5. The van der Waals surface area contributed by atoms with E-state index < -0.39 is 12.0 Å². The molecule has 0 spiro atoms. The van der Waals surface area contributed by atoms with Crippen LogP contribution in [-0.4, -0.2) is 46.0 Å². The first-order valence-corrected chi connectivity index (χ1v) is 6.23. The van der Waals surface area contributed by atoms with Gasteiger partial charge in [-0.25, -0.2) is 4.79 Å². The molecule has 0 saturated carbocycles. The number of carbonyl (C=O) groups excluding carboxylic acids is 1. The summed E-state index contributed by atoms with van der Waals surface area (Å²) in [5.74, 6) is -1.05. The van der Waals surface area contributed by atoms with Gasteiger partial charge < -0.3 is 15.7 Å². The Morgan fingerprint density at radius 1 is 1.53 bits per heavy atom. The smallest absolute Gasteiger partial charge is 0.326 e. The lowest BCUT2D eigenvalue weighted by Gasteiger charge is -2.24. The molecule has 1 aliphatic heterocycles. The van der Waals surface area contributed by atoms with Gasteiger partial charge in [0, 0.05) is 31.8 Å². The van der Waals surface area contributed by atoms with Crippen LogP contribution in [0, 0.1) is 5.92 Å². The van der Waals surface area contributed by atoms with Crippen LogP contribution in [0.5, 0.6) is 0 Å². The summed E-state index contributed by atoms with van der Waals surface area (Å²) in [4.78, 5) is 28.6. The molecule has 2 heterocycles. The van der Waals surface area contributed by atoms with Gasteiger partial charge in [-0.05, 0) is 30.2 Å². The van der Waals surface area contributed by atoms with Gasteiger partial charge in [0.25, 0.3) is 0 Å². The number of carboxylic acid groups (broad SMARTS) is 1. The van der Waals surface area contributed by atoms with Crippen LogP contribution in [0.15, 0.2) is 24.5 Å². The minimum Gasteiger partial charge on any atom is -0.480 e. The van der Waals surface area contributed by atoms with Crippen LogP contribution in [0.25, 0.3) is 0 Å². The van der Waals surface area contributed by atoms with E-state index in [1.165, 1.54) is 4.90 Å². The van der Waals surface area contributed by atoms with Crippen molar-refractivity contribution in [3.05, 3.63) is 30.1 Å². The molecule has 2 unspecified atom stereocenters. The standard InChI is InChI=1S/C13H17N3O3/c14-7-10-6-12(17)16(8-10)11(13(18)19)5-9-1-3-15-4-2-9/h1-4,10-11H,5-8,14H2,(H,18,19). The van der Waals surface area contributed by atoms with Crippen molar-refractivity contribution in [2.75, 3.05) is 13.1 Å². The molecule has 19 heavy (non-hydrogen) atoms. The normalized spacial score (nSPS) is 20.6. The molecule has 1 saturated heterocycles. The highest BCUT2D eigenvalue weighted by Gasteiger charge is 2.37. The number of amides is 1. The molecule has 3 N–H and O–H groups in total. The predicted molar refractivity (Wildman–Crippen MR) is 68.2 cm³/mol. The van der Waals surface area contributed by atoms with Crippen LogP contribution in [0.4, 0.5) is 0 Å². The Bertz CT molecular complexity index is 463. The molecule has 1 aromatic rings. The molecule has 1 aromatic heterocycles. The fourth-order valence-corrected chi connectivity index (χ4v) is 2.34. The molecule has 0 aliphatic carbocycles. The fraction of sp³-hybridized carbons (Fsp3) is 0.462. The van der Waals surface area contributed by atoms with Gasteiger partial charge in [-0.2, -0.15) is 0 Å². The van der Waals surface area contributed by atoms with E-state index in [1.807, 2.05) is 0 Å². The quantitative estimate of drug-likeness (QED) is 0.772. The minimum atomic E-state index is -0.983. The highest BCUT2D eigenvalue weighted by Crippen LogP contribution is 2.21. The maximum absolute atomic E-state index is 11.9. The second-order valence-corrected chi connectivity index (χ2v) is 4.77. The number of nitrogens with two attached hydrogens (primary N) is 1. The van der Waals surface area contributed by atoms with E-state index >= 15 is 0 Å². The first kappa shape index (κ1) is 13.5. The minimum absolute atomic E-state index is 0.0618. The summed E-state index contributed by atoms with van der Waals surface area (Å²) < 4.78 is 0. The first-order chi connectivity index (χ1) is 9.11. The second-order valence-electron chi connectivity index (χ2n) is 4.77. The van der Waals surface area contributed by atoms with E-state index in [-0.39, 0.29) is 11.8 Å². The Kier molecular flexibility index (Phi) is 4.11. The Labute approximate surface area is 111 Å². The van der Waals surface area contributed by atoms with Crippen molar-refractivity contribution in [2.24, 2.45) is 11.7 Å². The SMILES string of the molecule is NCC1CC(=O)N(C(Cc2ccncc2)C(=O)O)C1. The molecule has 1 amide bonds. The fourth-order valence-electron chi connectivity index (χ4n) is 2.34. The maximum Gasteiger partial charge on any atom is 0.326 e. The third kappa shape index (κ3) is 3.08. The molecule has 0 bridgehead atoms. The van der Waals surface area contributed by atoms with Gasteiger partial charge in [-0.1, -0.05) is 0 Å². The first-order valence-electron chi connectivity index (χ1n) is 6.23. The number of pyridine rings is 1. The molecule has 6 heteroatoms. The van der Waals surface area contributed by atoms with E-state index in [4.69, 9.17) is 5.73 Å². The zero-order chi connectivity index (χ0) is 13.8. The Morgan fingerprint density at radius 2 is 2.21 bits per heavy atom. The topological polar surface area (TPSA) is 96.5 Å². The monoisotopic (exact) mass is 263 g/mol. The zero-order valence-electron chi connectivity index (χ0n) is 10.5. The molecular formula is C13H17N3O3. The highest BCUT2D eigenvalue weighted by atomic mass is 16.4. The number of aliphatic carboxylic acids is 1. The Morgan fingerprint density at radius 3 is 2.74 bits per heavy atom. The summed E-state index contributed by atoms with van der Waals surface area (Å²) >= 11 is 0. The third-order valence-corrected chi connectivity index (χ3v) is 3.41. The van der Waals surface area contributed by atoms with E-state index in [1.54, 1.807) is 24.5 Å². The van der Waals surface area contributed by atoms with Gasteiger partial charge in [0.2, 0.25) is 5.91 Å². The highest BCUT2D eigenvalue weighted by molar-refractivity contribution is 5.85. The van der Waals surface area contributed by atoms with Crippen molar-refractivity contribution in [2.45, 2.75) is 18.9 Å². The molecule has 1 fully saturated rings. The second kappa shape index (κ2) is 5.79. The Balaban J connectivity index is 2.13. The van der Waals surface area contributed by atoms with Crippen LogP contribution in [-0.2, 0) is 16.0 Å². The van der Waals surface area contributed by atoms with E-state index in [0.29, 0.717) is 25.9 Å². The largest absolute Gasteiger partial charge is 0.480 e. The molecule has 6 nitrogen and oxygen atoms in total. The van der Waals surface area contributed by atoms with Crippen LogP contribution >= 0.6 is 0 Å². The van der Waals surface area contributed by atoms with Crippen molar-refractivity contribution in [3.63, 3.8) is 0 Å². The van der Waals surface area contributed by atoms with E-state index in [2.05, 4.69) is 4.98 Å². The molecule has 2 atom stereocenters. The lowest BCUT2D eigenvalue weighted by molar-refractivity contribution is -0.148. The molecule has 2 rings (SSSR count). The average molecular weight is 263 g/mol. The number of carbonyl (C=O) groups is 2. The van der Waals surface area contributed by atoms with Gasteiger partial charge in [-0.3, -0.25) is 9.78 Å². The predicted octanol–water partition coefficient (Wildman–Crippen LogP) is -0.116. The lowest BCUT2D eigenvalue weighted by atomic mass is 10.1. The van der Waals surface area contributed by atoms with Gasteiger partial charge in [0.1, 0.15) is 6.04 Å². The van der Waals surface area contributed by atoms with Gasteiger partial charge in [-0.15, -0.1) is 0 Å². The number of aromatic nitrogens is 1. The van der Waals surface area contributed by atoms with Crippen molar-refractivity contribution >= 4 is 11.9 Å². The summed E-state index contributed by atoms with van der Waals surface area (Å²) in [6.07, 6.45) is 3.86. The summed E-state index contributed by atoms with van der Waals surface area (Å²) in [5.41, 5.74) is 6.41. The number of hydrogen-bond acceptors (Lipinski definition) is 4. The molecule has 0 radical (unpaired) electrons. The third-order valence-electron chi connectivity index (χ3n) is 3.41. The summed E-state index contributed by atoms with van der Waals surface area (Å²) in [6.45, 7) is 0.835. The number of nitrogens with zero attached hydrogens (tertiary/aromatic N) is 2. The summed E-state index contributed by atoms with van der Waals surface area (Å²) in [7, 11) is 0. The van der Waals surface area contributed by atoms with Crippen LogP contribution < -0.4 is 5.73 Å². The number of likely N-dealkylation sites (tertiary alicyclic amines) is 1. The maximum atomic E-state index is 11.9. The van der Waals surface area contributed by atoms with Gasteiger partial charge in [0.15, 0.2) is 0 Å². The van der Waals surface area contributed by atoms with Crippen LogP contribution in [0.3, 0.4) is 0 Å². The van der Waals surface area contributed by atoms with Crippen LogP contribution in [0.1, 0.15) is 12.0 Å². The Hall–Kier alpha value is -1.95. The number of carboxylic acids is 1. The van der Waals surface area contributed by atoms with Crippen molar-refractivity contribution < 1.29 is 14.7 Å². The van der Waals surface area contributed by atoms with E-state index in [0.717, 1.165) is 5.56 Å². The van der Waals surface area contributed by atoms with Crippen molar-refractivity contribution in [1.82, 2.24) is 9.88 Å². The molecular weight excluding hydrogens is 246 g/mol. The van der Waals surface area contributed by atoms with Crippen molar-refractivity contribution in [3.8, 4) is 0 Å². The summed E-state index contributed by atoms with van der Waals surface area (Å²) in [5, 5.41) is 9.33. The molecule has 0 aromatic carbocycles. The summed E-state index contributed by atoms with van der Waals surface area (Å²) in [6, 6.07) is 2.69. The molecule has 102 valence electrons. The van der Waals surface area contributed by atoms with Gasteiger partial charge in [0.05, 0.1) is 0 Å². The lowest BCUT2D eigenvalue weighted by Crippen LogP contribution is -2.44. The average Bonchev–Trinajstić information content (AvgIpc) is 2.78.